The van der Waals surface area contributed by atoms with E-state index in [2.05, 4.69) is 6.58 Å². The van der Waals surface area contributed by atoms with Crippen LogP contribution in [0.4, 0.5) is 0 Å². The summed E-state index contributed by atoms with van der Waals surface area (Å²) in [4.78, 5) is 10.3. The van der Waals surface area contributed by atoms with E-state index in [0.29, 0.717) is 5.57 Å². The minimum atomic E-state index is -0.855. The maximum atomic E-state index is 10.3. The Hall–Kier alpha value is -0.890. The van der Waals surface area contributed by atoms with E-state index >= 15 is 0 Å². The predicted molar refractivity (Wildman–Crippen MR) is 49.8 cm³/mol. The first-order valence-corrected chi connectivity index (χ1v) is 3.90. The third-order valence-electron chi connectivity index (χ3n) is 1.70. The largest absolute Gasteiger partial charge is 0.390 e. The third kappa shape index (κ3) is 3.49. The maximum absolute atomic E-state index is 10.3. The molecule has 0 aliphatic carbocycles. The molecule has 0 aromatic carbocycles. The molecule has 0 bridgehead atoms. The van der Waals surface area contributed by atoms with E-state index in [1.54, 1.807) is 32.9 Å². The van der Waals surface area contributed by atoms with Gasteiger partial charge in [0.1, 0.15) is 6.29 Å². The molecule has 0 saturated carbocycles. The van der Waals surface area contributed by atoms with Crippen molar-refractivity contribution in [1.82, 2.24) is 0 Å². The minimum absolute atomic E-state index is 0.178. The van der Waals surface area contributed by atoms with Gasteiger partial charge in [-0.15, -0.1) is 6.58 Å². The normalized spacial score (nSPS) is 15.5. The van der Waals surface area contributed by atoms with E-state index in [-0.39, 0.29) is 5.92 Å². The van der Waals surface area contributed by atoms with Gasteiger partial charge in [-0.3, -0.25) is 4.79 Å². The zero-order valence-corrected chi connectivity index (χ0v) is 7.87. The standard InChI is InChI=1S/C10H16O2/c1-5-9(10(3,4)12)6-8(2)7-11/h5-7,9,12H,1H2,2-4H3. The molecule has 12 heavy (non-hydrogen) atoms. The van der Waals surface area contributed by atoms with Crippen LogP contribution in [-0.4, -0.2) is 17.0 Å². The van der Waals surface area contributed by atoms with Crippen LogP contribution in [0.1, 0.15) is 20.8 Å². The lowest BCUT2D eigenvalue weighted by Crippen LogP contribution is -2.28. The number of allylic oxidation sites excluding steroid dienone is 1. The Morgan fingerprint density at radius 3 is 2.33 bits per heavy atom. The molecule has 2 nitrogen and oxygen atoms in total. The van der Waals surface area contributed by atoms with Gasteiger partial charge in [-0.05, 0) is 26.3 Å². The van der Waals surface area contributed by atoms with Gasteiger partial charge in [0, 0.05) is 5.92 Å². The summed E-state index contributed by atoms with van der Waals surface area (Å²) in [5, 5.41) is 9.59. The minimum Gasteiger partial charge on any atom is -0.390 e. The highest BCUT2D eigenvalue weighted by Gasteiger charge is 2.21. The second kappa shape index (κ2) is 4.21. The van der Waals surface area contributed by atoms with Crippen LogP contribution in [-0.2, 0) is 4.79 Å². The molecule has 1 atom stereocenters. The molecule has 0 fully saturated rings. The van der Waals surface area contributed by atoms with Gasteiger partial charge in [0.05, 0.1) is 5.60 Å². The molecule has 68 valence electrons. The molecule has 0 aromatic rings. The summed E-state index contributed by atoms with van der Waals surface area (Å²) in [5.74, 6) is -0.178. The van der Waals surface area contributed by atoms with Gasteiger partial charge >= 0.3 is 0 Å². The number of aliphatic hydroxyl groups is 1. The van der Waals surface area contributed by atoms with Gasteiger partial charge < -0.3 is 5.11 Å². The van der Waals surface area contributed by atoms with Crippen LogP contribution in [0.2, 0.25) is 0 Å². The molecule has 0 spiro atoms. The van der Waals surface area contributed by atoms with Gasteiger partial charge in [-0.1, -0.05) is 12.2 Å². The summed E-state index contributed by atoms with van der Waals surface area (Å²) in [6, 6.07) is 0. The Morgan fingerprint density at radius 2 is 2.08 bits per heavy atom. The molecule has 1 N–H and O–H groups in total. The fourth-order valence-corrected chi connectivity index (χ4v) is 0.883. The Kier molecular flexibility index (Phi) is 3.90. The number of hydrogen-bond acceptors (Lipinski definition) is 2. The molecule has 0 rings (SSSR count). The SMILES string of the molecule is C=CC(C=C(C)C=O)C(C)(C)O. The number of hydrogen-bond donors (Lipinski definition) is 1. The Morgan fingerprint density at radius 1 is 1.58 bits per heavy atom. The van der Waals surface area contributed by atoms with Crippen molar-refractivity contribution in [2.24, 2.45) is 5.92 Å². The summed E-state index contributed by atoms with van der Waals surface area (Å²) in [5.41, 5.74) is -0.242. The Labute approximate surface area is 73.6 Å². The smallest absolute Gasteiger partial charge is 0.145 e. The van der Waals surface area contributed by atoms with Crippen molar-refractivity contribution < 1.29 is 9.90 Å². The van der Waals surface area contributed by atoms with Crippen molar-refractivity contribution in [3.8, 4) is 0 Å². The van der Waals surface area contributed by atoms with Gasteiger partial charge in [0.15, 0.2) is 0 Å². The van der Waals surface area contributed by atoms with Crippen molar-refractivity contribution >= 4 is 6.29 Å². The van der Waals surface area contributed by atoms with Crippen LogP contribution in [0.15, 0.2) is 24.3 Å². The number of rotatable bonds is 4. The van der Waals surface area contributed by atoms with Gasteiger partial charge in [-0.2, -0.15) is 0 Å². The molecule has 0 aromatic heterocycles. The van der Waals surface area contributed by atoms with E-state index < -0.39 is 5.60 Å². The lowest BCUT2D eigenvalue weighted by atomic mass is 9.90. The second-order valence-electron chi connectivity index (χ2n) is 3.44. The van der Waals surface area contributed by atoms with Crippen LogP contribution in [0.5, 0.6) is 0 Å². The van der Waals surface area contributed by atoms with Gasteiger partial charge in [0.2, 0.25) is 0 Å². The van der Waals surface area contributed by atoms with E-state index in [0.717, 1.165) is 6.29 Å². The quantitative estimate of drug-likeness (QED) is 0.394. The zero-order valence-electron chi connectivity index (χ0n) is 7.87. The van der Waals surface area contributed by atoms with Crippen LogP contribution < -0.4 is 0 Å². The van der Waals surface area contributed by atoms with Gasteiger partial charge in [0.25, 0.3) is 0 Å². The average molecular weight is 168 g/mol. The predicted octanol–water partition coefficient (Wildman–Crippen LogP) is 1.70. The topological polar surface area (TPSA) is 37.3 Å². The summed E-state index contributed by atoms with van der Waals surface area (Å²) >= 11 is 0. The molecule has 0 saturated heterocycles. The van der Waals surface area contributed by atoms with Crippen molar-refractivity contribution in [3.63, 3.8) is 0 Å². The lowest BCUT2D eigenvalue weighted by molar-refractivity contribution is -0.104. The molecule has 0 heterocycles. The molecular formula is C10H16O2. The molecular weight excluding hydrogens is 152 g/mol. The molecule has 2 heteroatoms. The summed E-state index contributed by atoms with van der Waals surface area (Å²) < 4.78 is 0. The first-order chi connectivity index (χ1) is 5.41. The van der Waals surface area contributed by atoms with Crippen LogP contribution in [0.25, 0.3) is 0 Å². The molecule has 0 aliphatic heterocycles. The highest BCUT2D eigenvalue weighted by atomic mass is 16.3. The first-order valence-electron chi connectivity index (χ1n) is 3.90. The van der Waals surface area contributed by atoms with Crippen LogP contribution in [0.3, 0.4) is 0 Å². The Bertz CT molecular complexity index is 196. The highest BCUT2D eigenvalue weighted by molar-refractivity contribution is 5.72. The van der Waals surface area contributed by atoms with Crippen molar-refractivity contribution in [1.29, 1.82) is 0 Å². The third-order valence-corrected chi connectivity index (χ3v) is 1.70. The lowest BCUT2D eigenvalue weighted by Gasteiger charge is -2.23. The number of aldehydes is 1. The molecule has 1 unspecified atom stereocenters. The monoisotopic (exact) mass is 168 g/mol. The van der Waals surface area contributed by atoms with E-state index in [1.165, 1.54) is 0 Å². The molecule has 0 radical (unpaired) electrons. The van der Waals surface area contributed by atoms with E-state index in [4.69, 9.17) is 0 Å². The van der Waals surface area contributed by atoms with Crippen molar-refractivity contribution in [3.05, 3.63) is 24.3 Å². The van der Waals surface area contributed by atoms with E-state index in [1.807, 2.05) is 0 Å². The summed E-state index contributed by atoms with van der Waals surface area (Å²) in [7, 11) is 0. The van der Waals surface area contributed by atoms with Crippen LogP contribution >= 0.6 is 0 Å². The fourth-order valence-electron chi connectivity index (χ4n) is 0.883. The van der Waals surface area contributed by atoms with Crippen molar-refractivity contribution in [2.75, 3.05) is 0 Å². The fraction of sp³-hybridized carbons (Fsp3) is 0.500. The molecule has 0 amide bonds. The summed E-state index contributed by atoms with van der Waals surface area (Å²) in [6.45, 7) is 8.67. The van der Waals surface area contributed by atoms with E-state index in [9.17, 15) is 9.90 Å². The highest BCUT2D eigenvalue weighted by Crippen LogP contribution is 2.19. The first kappa shape index (κ1) is 11.1. The van der Waals surface area contributed by atoms with Gasteiger partial charge in [-0.25, -0.2) is 0 Å². The number of carbonyl (C=O) groups excluding carboxylic acids is 1. The second-order valence-corrected chi connectivity index (χ2v) is 3.44. The van der Waals surface area contributed by atoms with Crippen molar-refractivity contribution in [2.45, 2.75) is 26.4 Å². The molecule has 0 aliphatic rings. The number of carbonyl (C=O) groups is 1. The van der Waals surface area contributed by atoms with Crippen LogP contribution in [0, 0.1) is 5.92 Å². The average Bonchev–Trinajstić information content (AvgIpc) is 1.97. The maximum Gasteiger partial charge on any atom is 0.145 e. The zero-order chi connectivity index (χ0) is 9.78. The Balaban J connectivity index is 4.59. The summed E-state index contributed by atoms with van der Waals surface area (Å²) in [6.07, 6.45) is 4.11.